The summed E-state index contributed by atoms with van der Waals surface area (Å²) in [7, 11) is 0. The van der Waals surface area contributed by atoms with Gasteiger partial charge in [0.2, 0.25) is 0 Å². The molecule has 6 atom stereocenters. The molecule has 0 amide bonds. The maximum Gasteiger partial charge on any atom is 0.306 e. The number of hydrogen-bond acceptors (Lipinski definition) is 9. The van der Waals surface area contributed by atoms with Gasteiger partial charge in [-0.15, -0.1) is 0 Å². The van der Waals surface area contributed by atoms with E-state index in [-0.39, 0.29) is 19.2 Å². The molecule has 6 unspecified atom stereocenters. The summed E-state index contributed by atoms with van der Waals surface area (Å²) in [5.74, 6) is -0.325. The topological polar surface area (TPSA) is 135 Å². The minimum atomic E-state index is -1.54. The number of carbonyl (C=O) groups is 1. The molecule has 0 aromatic rings. The second-order valence-corrected chi connectivity index (χ2v) is 15.5. The van der Waals surface area contributed by atoms with E-state index >= 15 is 0 Å². The molecule has 9 nitrogen and oxygen atoms in total. The van der Waals surface area contributed by atoms with E-state index in [1.165, 1.54) is 116 Å². The fourth-order valence-electron chi connectivity index (χ4n) is 6.69. The molecule has 0 saturated carbocycles. The molecular formula is C46H84O9. The zero-order chi connectivity index (χ0) is 40.0. The van der Waals surface area contributed by atoms with Crippen LogP contribution in [-0.4, -0.2) is 89.6 Å². The zero-order valence-electron chi connectivity index (χ0n) is 35.2. The van der Waals surface area contributed by atoms with Crippen LogP contribution in [0.3, 0.4) is 0 Å². The first-order valence-corrected chi connectivity index (χ1v) is 22.6. The Labute approximate surface area is 336 Å². The summed E-state index contributed by atoms with van der Waals surface area (Å²) in [6.45, 7) is 4.51. The Morgan fingerprint density at radius 3 is 1.58 bits per heavy atom. The largest absolute Gasteiger partial charge is 0.457 e. The minimum absolute atomic E-state index is 0.118. The predicted octanol–water partition coefficient (Wildman–Crippen LogP) is 9.97. The normalized spacial score (nSPS) is 21.0. The zero-order valence-corrected chi connectivity index (χ0v) is 35.2. The molecule has 322 valence electrons. The summed E-state index contributed by atoms with van der Waals surface area (Å²) in [5, 5.41) is 40.1. The van der Waals surface area contributed by atoms with Gasteiger partial charge in [0, 0.05) is 13.0 Å². The molecular weight excluding hydrogens is 696 g/mol. The SMILES string of the molecule is CCCCCC/C=C\C/C=C\CCCCCCCCCCOCC(COC1OC(CO)C(O)C(O)C1O)OC(=O)CCCCCCC/C=C\CCCCCC. The van der Waals surface area contributed by atoms with Gasteiger partial charge in [-0.25, -0.2) is 0 Å². The van der Waals surface area contributed by atoms with Crippen LogP contribution in [0.4, 0.5) is 0 Å². The number of unbranched alkanes of at least 4 members (excludes halogenated alkanes) is 21. The van der Waals surface area contributed by atoms with E-state index in [1.807, 2.05) is 0 Å². The van der Waals surface area contributed by atoms with Gasteiger partial charge in [0.1, 0.15) is 30.5 Å². The van der Waals surface area contributed by atoms with E-state index in [4.69, 9.17) is 18.9 Å². The Morgan fingerprint density at radius 1 is 0.582 bits per heavy atom. The van der Waals surface area contributed by atoms with E-state index in [2.05, 4.69) is 50.3 Å². The number of carbonyl (C=O) groups excluding carboxylic acids is 1. The lowest BCUT2D eigenvalue weighted by molar-refractivity contribution is -0.305. The van der Waals surface area contributed by atoms with Crippen LogP contribution >= 0.6 is 0 Å². The van der Waals surface area contributed by atoms with Crippen LogP contribution in [0.2, 0.25) is 0 Å². The lowest BCUT2D eigenvalue weighted by Gasteiger charge is -2.39. The van der Waals surface area contributed by atoms with Gasteiger partial charge in [-0.2, -0.15) is 0 Å². The molecule has 1 heterocycles. The van der Waals surface area contributed by atoms with Crippen molar-refractivity contribution in [1.82, 2.24) is 0 Å². The monoisotopic (exact) mass is 781 g/mol. The van der Waals surface area contributed by atoms with Crippen molar-refractivity contribution in [3.05, 3.63) is 36.5 Å². The molecule has 1 fully saturated rings. The van der Waals surface area contributed by atoms with Crippen molar-refractivity contribution in [3.8, 4) is 0 Å². The third-order valence-electron chi connectivity index (χ3n) is 10.3. The van der Waals surface area contributed by atoms with Gasteiger partial charge in [-0.05, 0) is 70.6 Å². The molecule has 1 rings (SSSR count). The third-order valence-corrected chi connectivity index (χ3v) is 10.3. The van der Waals surface area contributed by atoms with Gasteiger partial charge >= 0.3 is 5.97 Å². The van der Waals surface area contributed by atoms with Gasteiger partial charge in [0.15, 0.2) is 6.29 Å². The van der Waals surface area contributed by atoms with Crippen LogP contribution in [0.25, 0.3) is 0 Å². The summed E-state index contributed by atoms with van der Waals surface area (Å²) in [4.78, 5) is 12.7. The highest BCUT2D eigenvalue weighted by Crippen LogP contribution is 2.22. The van der Waals surface area contributed by atoms with Gasteiger partial charge in [-0.1, -0.05) is 147 Å². The first kappa shape index (κ1) is 51.4. The lowest BCUT2D eigenvalue weighted by atomic mass is 9.99. The van der Waals surface area contributed by atoms with Gasteiger partial charge in [0.05, 0.1) is 19.8 Å². The first-order valence-electron chi connectivity index (χ1n) is 22.6. The molecule has 0 radical (unpaired) electrons. The Balaban J connectivity index is 2.26. The summed E-state index contributed by atoms with van der Waals surface area (Å²) in [5.41, 5.74) is 0. The Morgan fingerprint density at radius 2 is 1.05 bits per heavy atom. The standard InChI is InChI=1S/C46H84O9/c1-3-5-7-9-11-13-15-17-18-19-20-21-22-24-26-28-30-32-34-36-52-38-40(39-53-46-45(51)44(50)43(49)41(37-47)55-46)54-42(48)35-33-31-29-27-25-23-16-14-12-10-8-6-4-2/h13-16,18-19,40-41,43-47,49-51H,3-12,17,20-39H2,1-2H3/b15-13-,16-14-,19-18-. The smallest absolute Gasteiger partial charge is 0.306 e. The molecule has 0 aliphatic carbocycles. The number of rotatable bonds is 38. The average Bonchev–Trinajstić information content (AvgIpc) is 3.18. The van der Waals surface area contributed by atoms with E-state index < -0.39 is 43.4 Å². The summed E-state index contributed by atoms with van der Waals surface area (Å²) in [6.07, 6.45) is 37.4. The maximum atomic E-state index is 12.7. The number of hydrogen-bond donors (Lipinski definition) is 4. The summed E-state index contributed by atoms with van der Waals surface area (Å²) in [6, 6.07) is 0. The minimum Gasteiger partial charge on any atom is -0.457 e. The lowest BCUT2D eigenvalue weighted by Crippen LogP contribution is -2.59. The molecule has 1 aliphatic heterocycles. The number of aliphatic hydroxyl groups excluding tert-OH is 4. The second-order valence-electron chi connectivity index (χ2n) is 15.5. The average molecular weight is 781 g/mol. The molecule has 9 heteroatoms. The van der Waals surface area contributed by atoms with Gasteiger partial charge < -0.3 is 39.4 Å². The van der Waals surface area contributed by atoms with Crippen molar-refractivity contribution in [2.24, 2.45) is 0 Å². The molecule has 0 aromatic carbocycles. The molecule has 1 aliphatic rings. The van der Waals surface area contributed by atoms with Crippen LogP contribution in [-0.2, 0) is 23.7 Å². The summed E-state index contributed by atoms with van der Waals surface area (Å²) < 4.78 is 22.8. The Bertz CT molecular complexity index is 936. The number of aliphatic hydroxyl groups is 4. The fourth-order valence-corrected chi connectivity index (χ4v) is 6.69. The van der Waals surface area contributed by atoms with E-state index in [1.54, 1.807) is 0 Å². The third kappa shape index (κ3) is 29.3. The van der Waals surface area contributed by atoms with E-state index in [0.29, 0.717) is 13.0 Å². The van der Waals surface area contributed by atoms with Gasteiger partial charge in [0.25, 0.3) is 0 Å². The quantitative estimate of drug-likeness (QED) is 0.0274. The fraction of sp³-hybridized carbons (Fsp3) is 0.848. The van der Waals surface area contributed by atoms with Crippen molar-refractivity contribution >= 4 is 5.97 Å². The number of allylic oxidation sites excluding steroid dienone is 6. The van der Waals surface area contributed by atoms with Crippen molar-refractivity contribution in [3.63, 3.8) is 0 Å². The highest BCUT2D eigenvalue weighted by atomic mass is 16.7. The highest BCUT2D eigenvalue weighted by molar-refractivity contribution is 5.69. The van der Waals surface area contributed by atoms with E-state index in [0.717, 1.165) is 51.4 Å². The highest BCUT2D eigenvalue weighted by Gasteiger charge is 2.44. The van der Waals surface area contributed by atoms with Gasteiger partial charge in [-0.3, -0.25) is 4.79 Å². The van der Waals surface area contributed by atoms with Crippen molar-refractivity contribution in [2.75, 3.05) is 26.4 Å². The van der Waals surface area contributed by atoms with E-state index in [9.17, 15) is 25.2 Å². The van der Waals surface area contributed by atoms with Crippen molar-refractivity contribution in [1.29, 1.82) is 0 Å². The first-order chi connectivity index (χ1) is 26.9. The molecule has 0 bridgehead atoms. The maximum absolute atomic E-state index is 12.7. The molecule has 55 heavy (non-hydrogen) atoms. The number of ether oxygens (including phenoxy) is 4. The van der Waals surface area contributed by atoms with Crippen LogP contribution in [0, 0.1) is 0 Å². The van der Waals surface area contributed by atoms with Crippen LogP contribution < -0.4 is 0 Å². The molecule has 0 spiro atoms. The molecule has 1 saturated heterocycles. The van der Waals surface area contributed by atoms with Crippen molar-refractivity contribution < 1.29 is 44.2 Å². The Kier molecular flexibility index (Phi) is 35.5. The molecule has 4 N–H and O–H groups in total. The van der Waals surface area contributed by atoms with Crippen LogP contribution in [0.15, 0.2) is 36.5 Å². The van der Waals surface area contributed by atoms with Crippen LogP contribution in [0.5, 0.6) is 0 Å². The second kappa shape index (κ2) is 38.0. The predicted molar refractivity (Wildman–Crippen MR) is 224 cm³/mol. The van der Waals surface area contributed by atoms with Crippen LogP contribution in [0.1, 0.15) is 187 Å². The Hall–Kier alpha value is -1.59. The molecule has 0 aromatic heterocycles. The van der Waals surface area contributed by atoms with Crippen molar-refractivity contribution in [2.45, 2.75) is 224 Å². The summed E-state index contributed by atoms with van der Waals surface area (Å²) >= 11 is 0. The number of esters is 1.